The number of carbonyl (C=O) groups is 2. The van der Waals surface area contributed by atoms with Gasteiger partial charge < -0.3 is 15.1 Å². The summed E-state index contributed by atoms with van der Waals surface area (Å²) in [7, 11) is 0. The molecule has 2 amide bonds. The highest BCUT2D eigenvalue weighted by atomic mass is 16.2. The van der Waals surface area contributed by atoms with Gasteiger partial charge in [-0.15, -0.1) is 0 Å². The van der Waals surface area contributed by atoms with Crippen molar-refractivity contribution in [2.75, 3.05) is 34.8 Å². The average molecular weight is 378 g/mol. The van der Waals surface area contributed by atoms with E-state index in [0.29, 0.717) is 11.3 Å². The summed E-state index contributed by atoms with van der Waals surface area (Å²) in [5.41, 5.74) is 3.75. The minimum Gasteiger partial charge on any atom is -0.372 e. The van der Waals surface area contributed by atoms with E-state index in [9.17, 15) is 9.59 Å². The molecule has 6 nitrogen and oxygen atoms in total. The van der Waals surface area contributed by atoms with Gasteiger partial charge in [0, 0.05) is 37.1 Å². The third-order valence-corrected chi connectivity index (χ3v) is 4.58. The van der Waals surface area contributed by atoms with E-state index in [4.69, 9.17) is 5.26 Å². The van der Waals surface area contributed by atoms with E-state index in [0.717, 1.165) is 30.0 Å². The molecule has 6 heteroatoms. The Labute approximate surface area is 166 Å². The number of nitrogens with one attached hydrogen (secondary N) is 1. The van der Waals surface area contributed by atoms with Crippen molar-refractivity contribution in [2.24, 2.45) is 0 Å². The van der Waals surface area contributed by atoms with Gasteiger partial charge in [-0.05, 0) is 62.7 Å². The molecule has 0 atom stereocenters. The van der Waals surface area contributed by atoms with Gasteiger partial charge in [-0.1, -0.05) is 6.07 Å². The summed E-state index contributed by atoms with van der Waals surface area (Å²) >= 11 is 0. The minimum atomic E-state index is -0.295. The molecular weight excluding hydrogens is 352 g/mol. The Balaban J connectivity index is 2.15. The van der Waals surface area contributed by atoms with Crippen LogP contribution in [-0.4, -0.2) is 31.4 Å². The molecule has 0 spiro atoms. The third kappa shape index (κ3) is 5.10. The Bertz CT molecular complexity index is 898. The van der Waals surface area contributed by atoms with Crippen LogP contribution in [0.4, 0.5) is 17.1 Å². The van der Waals surface area contributed by atoms with Crippen molar-refractivity contribution >= 4 is 28.9 Å². The first-order valence-electron chi connectivity index (χ1n) is 9.33. The van der Waals surface area contributed by atoms with E-state index in [2.05, 4.69) is 24.1 Å². The number of carbonyl (C=O) groups excluding carboxylic acids is 2. The minimum absolute atomic E-state index is 0.124. The van der Waals surface area contributed by atoms with Crippen molar-refractivity contribution in [3.05, 3.63) is 53.6 Å². The van der Waals surface area contributed by atoms with E-state index in [1.54, 1.807) is 24.3 Å². The van der Waals surface area contributed by atoms with Crippen LogP contribution in [0.3, 0.4) is 0 Å². The van der Waals surface area contributed by atoms with Crippen molar-refractivity contribution in [3.63, 3.8) is 0 Å². The van der Waals surface area contributed by atoms with Crippen LogP contribution in [0.5, 0.6) is 0 Å². The molecule has 2 rings (SSSR count). The van der Waals surface area contributed by atoms with Gasteiger partial charge in [0.2, 0.25) is 11.8 Å². The molecule has 0 bridgehead atoms. The first-order valence-corrected chi connectivity index (χ1v) is 9.33. The van der Waals surface area contributed by atoms with E-state index >= 15 is 0 Å². The maximum atomic E-state index is 12.6. The number of hydrogen-bond donors (Lipinski definition) is 1. The zero-order valence-electron chi connectivity index (χ0n) is 16.8. The number of benzene rings is 2. The molecule has 0 saturated heterocycles. The maximum Gasteiger partial charge on any atom is 0.244 e. The summed E-state index contributed by atoms with van der Waals surface area (Å²) in [4.78, 5) is 28.2. The van der Waals surface area contributed by atoms with E-state index in [-0.39, 0.29) is 18.4 Å². The lowest BCUT2D eigenvalue weighted by Crippen LogP contribution is -2.36. The molecule has 0 aliphatic rings. The predicted molar refractivity (Wildman–Crippen MR) is 113 cm³/mol. The van der Waals surface area contributed by atoms with E-state index < -0.39 is 0 Å². The van der Waals surface area contributed by atoms with Crippen molar-refractivity contribution in [2.45, 2.75) is 27.7 Å². The molecule has 1 N–H and O–H groups in total. The van der Waals surface area contributed by atoms with Crippen LogP contribution in [0, 0.1) is 18.3 Å². The molecule has 0 radical (unpaired) electrons. The molecule has 146 valence electrons. The van der Waals surface area contributed by atoms with Gasteiger partial charge in [-0.2, -0.15) is 5.26 Å². The van der Waals surface area contributed by atoms with Gasteiger partial charge in [0.15, 0.2) is 0 Å². The largest absolute Gasteiger partial charge is 0.372 e. The summed E-state index contributed by atoms with van der Waals surface area (Å²) in [6, 6.07) is 14.6. The van der Waals surface area contributed by atoms with Gasteiger partial charge in [0.1, 0.15) is 6.54 Å². The number of rotatable bonds is 7. The first kappa shape index (κ1) is 21.0. The third-order valence-electron chi connectivity index (χ3n) is 4.58. The summed E-state index contributed by atoms with van der Waals surface area (Å²) in [5.74, 6) is -0.560. The number of nitrogens with zero attached hydrogens (tertiary/aromatic N) is 3. The highest BCUT2D eigenvalue weighted by molar-refractivity contribution is 6.02. The molecule has 0 saturated carbocycles. The first-order chi connectivity index (χ1) is 13.4. The molecule has 0 fully saturated rings. The highest BCUT2D eigenvalue weighted by Gasteiger charge is 2.17. The second-order valence-corrected chi connectivity index (χ2v) is 6.49. The molecule has 0 heterocycles. The fourth-order valence-corrected chi connectivity index (χ4v) is 3.03. The molecule has 2 aromatic rings. The number of hydrogen-bond acceptors (Lipinski definition) is 4. The predicted octanol–water partition coefficient (Wildman–Crippen LogP) is 3.70. The number of anilines is 3. The van der Waals surface area contributed by atoms with Crippen LogP contribution in [0.1, 0.15) is 31.9 Å². The topological polar surface area (TPSA) is 76.4 Å². The van der Waals surface area contributed by atoms with Crippen molar-refractivity contribution in [1.29, 1.82) is 5.26 Å². The van der Waals surface area contributed by atoms with E-state index in [1.807, 2.05) is 31.2 Å². The van der Waals surface area contributed by atoms with Gasteiger partial charge in [-0.3, -0.25) is 9.59 Å². The molecule has 0 aliphatic heterocycles. The van der Waals surface area contributed by atoms with Gasteiger partial charge in [0.05, 0.1) is 11.6 Å². The monoisotopic (exact) mass is 378 g/mol. The van der Waals surface area contributed by atoms with Crippen LogP contribution < -0.4 is 15.1 Å². The van der Waals surface area contributed by atoms with Crippen LogP contribution in [0.15, 0.2) is 42.5 Å². The Morgan fingerprint density at radius 3 is 2.36 bits per heavy atom. The maximum absolute atomic E-state index is 12.6. The zero-order chi connectivity index (χ0) is 20.7. The second-order valence-electron chi connectivity index (χ2n) is 6.49. The molecule has 0 aliphatic carbocycles. The number of amides is 2. The Hall–Kier alpha value is -3.33. The zero-order valence-corrected chi connectivity index (χ0v) is 16.8. The molecule has 2 aromatic carbocycles. The SMILES string of the molecule is CCN(CC)c1ccc(NC(=O)CN(C(C)=O)c2cccc(C#N)c2)c(C)c1. The lowest BCUT2D eigenvalue weighted by atomic mass is 10.1. The lowest BCUT2D eigenvalue weighted by molar-refractivity contribution is -0.120. The van der Waals surface area contributed by atoms with Crippen LogP contribution >= 0.6 is 0 Å². The van der Waals surface area contributed by atoms with Crippen LogP contribution in [0.25, 0.3) is 0 Å². The Morgan fingerprint density at radius 2 is 1.79 bits per heavy atom. The average Bonchev–Trinajstić information content (AvgIpc) is 2.69. The standard InChI is InChI=1S/C22H26N4O2/c1-5-25(6-2)19-10-11-21(16(3)12-19)24-22(28)15-26(17(4)27)20-9-7-8-18(13-20)14-23/h7-13H,5-6,15H2,1-4H3,(H,24,28). The normalized spacial score (nSPS) is 10.1. The number of nitriles is 1. The summed E-state index contributed by atoms with van der Waals surface area (Å²) in [6.07, 6.45) is 0. The van der Waals surface area contributed by atoms with Crippen LogP contribution in [0.2, 0.25) is 0 Å². The summed E-state index contributed by atoms with van der Waals surface area (Å²) < 4.78 is 0. The fourth-order valence-electron chi connectivity index (χ4n) is 3.03. The molecule has 28 heavy (non-hydrogen) atoms. The molecule has 0 aromatic heterocycles. The van der Waals surface area contributed by atoms with E-state index in [1.165, 1.54) is 11.8 Å². The highest BCUT2D eigenvalue weighted by Crippen LogP contribution is 2.23. The molecular formula is C22H26N4O2. The van der Waals surface area contributed by atoms with Gasteiger partial charge in [-0.25, -0.2) is 0 Å². The molecule has 0 unspecified atom stereocenters. The second kappa shape index (κ2) is 9.56. The smallest absolute Gasteiger partial charge is 0.244 e. The summed E-state index contributed by atoms with van der Waals surface area (Å²) in [5, 5.41) is 11.9. The van der Waals surface area contributed by atoms with Crippen LogP contribution in [-0.2, 0) is 9.59 Å². The van der Waals surface area contributed by atoms with Gasteiger partial charge >= 0.3 is 0 Å². The Morgan fingerprint density at radius 1 is 1.07 bits per heavy atom. The quantitative estimate of drug-likeness (QED) is 0.797. The lowest BCUT2D eigenvalue weighted by Gasteiger charge is -2.23. The van der Waals surface area contributed by atoms with Crippen molar-refractivity contribution in [1.82, 2.24) is 0 Å². The fraction of sp³-hybridized carbons (Fsp3) is 0.318. The summed E-state index contributed by atoms with van der Waals surface area (Å²) in [6.45, 7) is 9.26. The van der Waals surface area contributed by atoms with Crippen molar-refractivity contribution in [3.8, 4) is 6.07 Å². The Kier molecular flexibility index (Phi) is 7.16. The number of aryl methyl sites for hydroxylation is 1. The van der Waals surface area contributed by atoms with Gasteiger partial charge in [0.25, 0.3) is 0 Å². The van der Waals surface area contributed by atoms with Crippen molar-refractivity contribution < 1.29 is 9.59 Å².